The van der Waals surface area contributed by atoms with Crippen LogP contribution in [0.2, 0.25) is 0 Å². The zero-order chi connectivity index (χ0) is 20.0. The molecular weight excluding hydrogens is 373 g/mol. The number of nitrogens with one attached hydrogen (secondary N) is 1. The minimum Gasteiger partial charge on any atom is -0.374 e. The minimum absolute atomic E-state index is 0.0245. The molecule has 0 aromatic rings. The molecule has 1 aliphatic heterocycles. The molecule has 0 spiro atoms. The van der Waals surface area contributed by atoms with Crippen molar-refractivity contribution >= 4 is 13.7 Å². The maximum atomic E-state index is 12.0. The van der Waals surface area contributed by atoms with Crippen LogP contribution in [-0.2, 0) is 23.2 Å². The second-order valence-corrected chi connectivity index (χ2v) is 8.18. The van der Waals surface area contributed by atoms with Gasteiger partial charge in [0, 0.05) is 13.0 Å². The number of hydrogen-bond acceptors (Lipinski definition) is 6. The van der Waals surface area contributed by atoms with Crippen LogP contribution in [0.1, 0.15) is 51.9 Å². The van der Waals surface area contributed by atoms with Crippen molar-refractivity contribution in [3.05, 3.63) is 0 Å². The molecule has 27 heavy (non-hydrogen) atoms. The number of piperidine rings is 1. The highest BCUT2D eigenvalue weighted by atomic mass is 31.2. The summed E-state index contributed by atoms with van der Waals surface area (Å²) in [6, 6.07) is 0. The van der Waals surface area contributed by atoms with Crippen LogP contribution >= 0.6 is 7.82 Å². The normalized spacial score (nSPS) is 18.8. The SMILES string of the molecule is CCOP(=O)(O)O[N+]1(CCOCCNC(=O)CCCCCN)CCCCC1. The molecule has 1 amide bonds. The molecule has 4 N–H and O–H groups in total. The Morgan fingerprint density at radius 1 is 1.19 bits per heavy atom. The van der Waals surface area contributed by atoms with Crippen LogP contribution < -0.4 is 11.1 Å². The molecular formula is C17H37N3O6P+. The van der Waals surface area contributed by atoms with Gasteiger partial charge in [-0.2, -0.15) is 4.65 Å². The zero-order valence-corrected chi connectivity index (χ0v) is 17.5. The largest absolute Gasteiger partial charge is 0.518 e. The van der Waals surface area contributed by atoms with E-state index in [4.69, 9.17) is 19.6 Å². The Morgan fingerprint density at radius 3 is 2.59 bits per heavy atom. The van der Waals surface area contributed by atoms with Crippen molar-refractivity contribution < 1.29 is 32.8 Å². The summed E-state index contributed by atoms with van der Waals surface area (Å²) in [5.41, 5.74) is 5.42. The van der Waals surface area contributed by atoms with Gasteiger partial charge in [0.05, 0.1) is 19.8 Å². The molecule has 1 aliphatic rings. The molecule has 160 valence electrons. The molecule has 1 rings (SSSR count). The van der Waals surface area contributed by atoms with E-state index in [9.17, 15) is 14.3 Å². The van der Waals surface area contributed by atoms with Gasteiger partial charge in [0.15, 0.2) is 0 Å². The number of nitrogens with two attached hydrogens (primary N) is 1. The molecule has 0 saturated carbocycles. The Morgan fingerprint density at radius 2 is 1.93 bits per heavy atom. The number of ether oxygens (including phenoxy) is 1. The first-order chi connectivity index (χ1) is 12.9. The first-order valence-electron chi connectivity index (χ1n) is 10.0. The zero-order valence-electron chi connectivity index (χ0n) is 16.6. The number of likely N-dealkylation sites (tertiary alicyclic amines) is 1. The van der Waals surface area contributed by atoms with E-state index in [1.807, 2.05) is 0 Å². The quantitative estimate of drug-likeness (QED) is 0.213. The van der Waals surface area contributed by atoms with Gasteiger partial charge in [-0.05, 0) is 45.6 Å². The maximum Gasteiger partial charge on any atom is 0.518 e. The van der Waals surface area contributed by atoms with Gasteiger partial charge in [0.2, 0.25) is 5.91 Å². The van der Waals surface area contributed by atoms with Crippen molar-refractivity contribution in [1.29, 1.82) is 0 Å². The summed E-state index contributed by atoms with van der Waals surface area (Å²) in [7, 11) is -4.07. The molecule has 0 radical (unpaired) electrons. The van der Waals surface area contributed by atoms with Crippen LogP contribution in [0.15, 0.2) is 0 Å². The summed E-state index contributed by atoms with van der Waals surface area (Å²) in [6.07, 6.45) is 6.24. The maximum absolute atomic E-state index is 12.0. The Bertz CT molecular complexity index is 460. The highest BCUT2D eigenvalue weighted by Crippen LogP contribution is 2.47. The molecule has 10 heteroatoms. The van der Waals surface area contributed by atoms with Gasteiger partial charge >= 0.3 is 7.82 Å². The van der Waals surface area contributed by atoms with Gasteiger partial charge in [0.25, 0.3) is 0 Å². The van der Waals surface area contributed by atoms with E-state index in [1.54, 1.807) is 6.92 Å². The predicted octanol–water partition coefficient (Wildman–Crippen LogP) is 1.71. The van der Waals surface area contributed by atoms with E-state index in [1.165, 1.54) is 0 Å². The van der Waals surface area contributed by atoms with Crippen LogP contribution in [0.5, 0.6) is 0 Å². The van der Waals surface area contributed by atoms with Crippen molar-refractivity contribution in [3.8, 4) is 0 Å². The molecule has 0 aromatic carbocycles. The summed E-state index contributed by atoms with van der Waals surface area (Å²) < 4.78 is 28.0. The molecule has 1 atom stereocenters. The van der Waals surface area contributed by atoms with Crippen molar-refractivity contribution in [3.63, 3.8) is 0 Å². The number of carbonyl (C=O) groups excluding carboxylic acids is 1. The number of nitrogens with zero attached hydrogens (tertiary/aromatic N) is 1. The Hall–Kier alpha value is -0.540. The van der Waals surface area contributed by atoms with E-state index in [0.717, 1.165) is 38.5 Å². The second-order valence-electron chi connectivity index (χ2n) is 6.82. The number of amides is 1. The molecule has 1 saturated heterocycles. The van der Waals surface area contributed by atoms with E-state index in [0.29, 0.717) is 52.4 Å². The van der Waals surface area contributed by atoms with Crippen molar-refractivity contribution in [1.82, 2.24) is 5.32 Å². The summed E-state index contributed by atoms with van der Waals surface area (Å²) in [4.78, 5) is 21.5. The lowest BCUT2D eigenvalue weighted by Gasteiger charge is -2.38. The lowest BCUT2D eigenvalue weighted by molar-refractivity contribution is -1.09. The van der Waals surface area contributed by atoms with Crippen LogP contribution in [0.25, 0.3) is 0 Å². The van der Waals surface area contributed by atoms with Crippen molar-refractivity contribution in [2.45, 2.75) is 51.9 Å². The fraction of sp³-hybridized carbons (Fsp3) is 0.941. The Labute approximate surface area is 162 Å². The van der Waals surface area contributed by atoms with Gasteiger partial charge in [-0.3, -0.25) is 14.2 Å². The number of quaternary nitrogens is 1. The van der Waals surface area contributed by atoms with Crippen LogP contribution in [-0.4, -0.2) is 68.0 Å². The van der Waals surface area contributed by atoms with E-state index in [2.05, 4.69) is 5.32 Å². The predicted molar refractivity (Wildman–Crippen MR) is 103 cm³/mol. The molecule has 0 aliphatic carbocycles. The topological polar surface area (TPSA) is 120 Å². The fourth-order valence-electron chi connectivity index (χ4n) is 3.13. The highest BCUT2D eigenvalue weighted by Gasteiger charge is 2.40. The smallest absolute Gasteiger partial charge is 0.374 e. The summed E-state index contributed by atoms with van der Waals surface area (Å²) >= 11 is 0. The summed E-state index contributed by atoms with van der Waals surface area (Å²) in [6.45, 7) is 5.49. The summed E-state index contributed by atoms with van der Waals surface area (Å²) in [5.74, 6) is 0.0245. The third-order valence-electron chi connectivity index (χ3n) is 4.52. The Kier molecular flexibility index (Phi) is 12.3. The first-order valence-corrected chi connectivity index (χ1v) is 11.5. The number of hydroxylamine groups is 3. The van der Waals surface area contributed by atoms with Gasteiger partial charge in [-0.1, -0.05) is 11.0 Å². The monoisotopic (exact) mass is 410 g/mol. The van der Waals surface area contributed by atoms with Gasteiger partial charge < -0.3 is 15.8 Å². The summed E-state index contributed by atoms with van der Waals surface area (Å²) in [5, 5.41) is 2.83. The lowest BCUT2D eigenvalue weighted by atomic mass is 10.1. The van der Waals surface area contributed by atoms with Crippen molar-refractivity contribution in [2.75, 3.05) is 52.5 Å². The molecule has 1 unspecified atom stereocenters. The average Bonchev–Trinajstić information content (AvgIpc) is 2.62. The minimum atomic E-state index is -4.07. The number of phosphoric ester groups is 1. The standard InChI is InChI=1S/C17H36N3O6P/c1-2-25-27(22,23)26-20(12-7-4-8-13-20)14-16-24-15-11-19-17(21)9-5-3-6-10-18/h2-16,18H2,1H3,(H-,19,21,22,23)/p+1. The van der Waals surface area contributed by atoms with Gasteiger partial charge in [0.1, 0.15) is 19.6 Å². The Balaban J connectivity index is 2.24. The average molecular weight is 410 g/mol. The fourth-order valence-corrected chi connectivity index (χ4v) is 4.19. The van der Waals surface area contributed by atoms with Gasteiger partial charge in [-0.15, -0.1) is 0 Å². The molecule has 1 heterocycles. The van der Waals surface area contributed by atoms with Crippen LogP contribution in [0.4, 0.5) is 0 Å². The highest BCUT2D eigenvalue weighted by molar-refractivity contribution is 7.47. The van der Waals surface area contributed by atoms with E-state index < -0.39 is 7.82 Å². The molecule has 0 bridgehead atoms. The van der Waals surface area contributed by atoms with Gasteiger partial charge in [-0.25, -0.2) is 4.57 Å². The molecule has 0 aromatic heterocycles. The number of unbranched alkanes of at least 4 members (excludes halogenated alkanes) is 2. The number of carbonyl (C=O) groups is 1. The molecule has 1 fully saturated rings. The second kappa shape index (κ2) is 13.6. The number of hydrogen-bond donors (Lipinski definition) is 3. The third kappa shape index (κ3) is 11.1. The van der Waals surface area contributed by atoms with E-state index >= 15 is 0 Å². The number of phosphoric acid groups is 1. The lowest BCUT2D eigenvalue weighted by Crippen LogP contribution is -2.52. The molecule has 9 nitrogen and oxygen atoms in total. The van der Waals surface area contributed by atoms with Crippen molar-refractivity contribution in [2.24, 2.45) is 5.73 Å². The van der Waals surface area contributed by atoms with Crippen LogP contribution in [0, 0.1) is 0 Å². The third-order valence-corrected chi connectivity index (χ3v) is 5.66. The number of rotatable bonds is 15. The van der Waals surface area contributed by atoms with Crippen LogP contribution in [0.3, 0.4) is 0 Å². The first kappa shape index (κ1) is 24.5. The van der Waals surface area contributed by atoms with E-state index in [-0.39, 0.29) is 17.2 Å².